The number of rotatable bonds is 0. The van der Waals surface area contributed by atoms with Crippen molar-refractivity contribution in [3.05, 3.63) is 23.6 Å². The minimum atomic E-state index is 0.0562. The number of hydrogen-bond acceptors (Lipinski definition) is 2. The van der Waals surface area contributed by atoms with Crippen molar-refractivity contribution >= 4 is 6.21 Å². The Hall–Kier alpha value is -1.05. The molecular weight excluding hydrogens is 162 g/mol. The summed E-state index contributed by atoms with van der Waals surface area (Å²) in [5.74, 6) is 0.827. The van der Waals surface area contributed by atoms with Gasteiger partial charge in [-0.3, -0.25) is 0 Å². The number of aliphatic imine (C=N–C) groups is 1. The predicted octanol–water partition coefficient (Wildman–Crippen LogP) is 2.68. The molecule has 0 fully saturated rings. The van der Waals surface area contributed by atoms with Gasteiger partial charge in [0.15, 0.2) is 0 Å². The standard InChI is InChI=1S/C11H15NO/c1-11(2)6-5-9-4-3-7-13-10(9)12-8-11/h5-6,8H,3-4,7H2,1-2H3. The Morgan fingerprint density at radius 1 is 1.46 bits per heavy atom. The van der Waals surface area contributed by atoms with Crippen molar-refractivity contribution in [3.8, 4) is 0 Å². The molecule has 0 aromatic carbocycles. The van der Waals surface area contributed by atoms with Crippen LogP contribution < -0.4 is 0 Å². The third-order valence-corrected chi connectivity index (χ3v) is 2.33. The lowest BCUT2D eigenvalue weighted by atomic mass is 9.94. The lowest BCUT2D eigenvalue weighted by Gasteiger charge is -2.14. The zero-order valence-electron chi connectivity index (χ0n) is 8.21. The average molecular weight is 177 g/mol. The van der Waals surface area contributed by atoms with E-state index in [1.54, 1.807) is 0 Å². The second-order valence-electron chi connectivity index (χ2n) is 4.20. The Kier molecular flexibility index (Phi) is 1.98. The highest BCUT2D eigenvalue weighted by Gasteiger charge is 2.18. The maximum atomic E-state index is 5.49. The van der Waals surface area contributed by atoms with Crippen LogP contribution in [0.5, 0.6) is 0 Å². The molecule has 2 nitrogen and oxygen atoms in total. The SMILES string of the molecule is CC1(C)C=CC2=C(N=C1)OCCC2. The zero-order valence-corrected chi connectivity index (χ0v) is 8.21. The Bertz CT molecular complexity index is 269. The van der Waals surface area contributed by atoms with Crippen LogP contribution in [-0.2, 0) is 4.74 Å². The lowest BCUT2D eigenvalue weighted by molar-refractivity contribution is 0.188. The summed E-state index contributed by atoms with van der Waals surface area (Å²) in [5, 5.41) is 0. The molecule has 0 spiro atoms. The summed E-state index contributed by atoms with van der Waals surface area (Å²) in [6.07, 6.45) is 8.50. The van der Waals surface area contributed by atoms with Crippen molar-refractivity contribution in [2.45, 2.75) is 26.7 Å². The smallest absolute Gasteiger partial charge is 0.216 e. The largest absolute Gasteiger partial charge is 0.477 e. The average Bonchev–Trinajstić information content (AvgIpc) is 2.27. The molecule has 0 saturated heterocycles. The summed E-state index contributed by atoms with van der Waals surface area (Å²) in [6.45, 7) is 5.10. The van der Waals surface area contributed by atoms with Gasteiger partial charge in [0.1, 0.15) is 0 Å². The second kappa shape index (κ2) is 3.02. The third-order valence-electron chi connectivity index (χ3n) is 2.33. The Balaban J connectivity index is 2.32. The minimum Gasteiger partial charge on any atom is -0.477 e. The highest BCUT2D eigenvalue weighted by atomic mass is 16.5. The van der Waals surface area contributed by atoms with E-state index in [1.807, 2.05) is 6.21 Å². The van der Waals surface area contributed by atoms with Crippen molar-refractivity contribution in [1.82, 2.24) is 0 Å². The molecule has 0 N–H and O–H groups in total. The normalized spacial score (nSPS) is 25.1. The minimum absolute atomic E-state index is 0.0562. The van der Waals surface area contributed by atoms with E-state index in [0.717, 1.165) is 25.3 Å². The van der Waals surface area contributed by atoms with Gasteiger partial charge in [-0.1, -0.05) is 26.0 Å². The quantitative estimate of drug-likeness (QED) is 0.557. The Labute approximate surface area is 79.0 Å². The van der Waals surface area contributed by atoms with E-state index in [4.69, 9.17) is 4.74 Å². The van der Waals surface area contributed by atoms with Gasteiger partial charge in [-0.15, -0.1) is 0 Å². The summed E-state index contributed by atoms with van der Waals surface area (Å²) < 4.78 is 5.49. The molecule has 0 aliphatic carbocycles. The zero-order chi connectivity index (χ0) is 9.31. The molecule has 70 valence electrons. The van der Waals surface area contributed by atoms with Crippen LogP contribution >= 0.6 is 0 Å². The molecule has 0 aromatic rings. The van der Waals surface area contributed by atoms with Crippen molar-refractivity contribution in [1.29, 1.82) is 0 Å². The second-order valence-corrected chi connectivity index (χ2v) is 4.20. The summed E-state index contributed by atoms with van der Waals surface area (Å²) in [4.78, 5) is 4.37. The Morgan fingerprint density at radius 2 is 2.31 bits per heavy atom. The van der Waals surface area contributed by atoms with E-state index in [2.05, 4.69) is 31.0 Å². The summed E-state index contributed by atoms with van der Waals surface area (Å²) in [6, 6.07) is 0. The van der Waals surface area contributed by atoms with Gasteiger partial charge < -0.3 is 4.74 Å². The van der Waals surface area contributed by atoms with Gasteiger partial charge in [-0.25, -0.2) is 4.99 Å². The van der Waals surface area contributed by atoms with Crippen LogP contribution in [0.3, 0.4) is 0 Å². The number of ether oxygens (including phenoxy) is 1. The van der Waals surface area contributed by atoms with Gasteiger partial charge in [-0.05, 0) is 12.8 Å². The van der Waals surface area contributed by atoms with Gasteiger partial charge in [0.25, 0.3) is 0 Å². The first kappa shape index (κ1) is 8.54. The molecule has 0 aromatic heterocycles. The van der Waals surface area contributed by atoms with Gasteiger partial charge in [0, 0.05) is 17.2 Å². The summed E-state index contributed by atoms with van der Waals surface area (Å²) >= 11 is 0. The van der Waals surface area contributed by atoms with E-state index < -0.39 is 0 Å². The van der Waals surface area contributed by atoms with Crippen molar-refractivity contribution in [2.75, 3.05) is 6.61 Å². The van der Waals surface area contributed by atoms with E-state index in [9.17, 15) is 0 Å². The first-order valence-corrected chi connectivity index (χ1v) is 4.78. The van der Waals surface area contributed by atoms with Crippen molar-refractivity contribution in [3.63, 3.8) is 0 Å². The molecule has 0 radical (unpaired) electrons. The third kappa shape index (κ3) is 1.82. The molecule has 2 rings (SSSR count). The molecule has 2 aliphatic rings. The highest BCUT2D eigenvalue weighted by Crippen LogP contribution is 2.27. The molecule has 0 unspecified atom stereocenters. The molecule has 0 bridgehead atoms. The Morgan fingerprint density at radius 3 is 3.15 bits per heavy atom. The molecule has 0 atom stereocenters. The maximum absolute atomic E-state index is 5.49. The first-order valence-electron chi connectivity index (χ1n) is 4.78. The fourth-order valence-electron chi connectivity index (χ4n) is 1.49. The number of hydrogen-bond donors (Lipinski definition) is 0. The monoisotopic (exact) mass is 177 g/mol. The van der Waals surface area contributed by atoms with Gasteiger partial charge in [-0.2, -0.15) is 0 Å². The van der Waals surface area contributed by atoms with Crippen LogP contribution in [0.2, 0.25) is 0 Å². The van der Waals surface area contributed by atoms with Gasteiger partial charge in [0.05, 0.1) is 6.61 Å². The molecule has 0 amide bonds. The highest BCUT2D eigenvalue weighted by molar-refractivity contribution is 5.70. The maximum Gasteiger partial charge on any atom is 0.216 e. The summed E-state index contributed by atoms with van der Waals surface area (Å²) in [5.41, 5.74) is 1.30. The van der Waals surface area contributed by atoms with Crippen LogP contribution in [0, 0.1) is 5.41 Å². The fourth-order valence-corrected chi connectivity index (χ4v) is 1.49. The molecular formula is C11H15NO. The molecule has 0 saturated carbocycles. The van der Waals surface area contributed by atoms with Crippen molar-refractivity contribution < 1.29 is 4.74 Å². The predicted molar refractivity (Wildman–Crippen MR) is 53.6 cm³/mol. The van der Waals surface area contributed by atoms with E-state index in [0.29, 0.717) is 0 Å². The summed E-state index contributed by atoms with van der Waals surface area (Å²) in [7, 11) is 0. The van der Waals surface area contributed by atoms with Crippen LogP contribution in [0.1, 0.15) is 26.7 Å². The van der Waals surface area contributed by atoms with Crippen LogP contribution in [0.15, 0.2) is 28.6 Å². The van der Waals surface area contributed by atoms with Crippen LogP contribution in [0.25, 0.3) is 0 Å². The van der Waals surface area contributed by atoms with E-state index >= 15 is 0 Å². The molecule has 2 heterocycles. The number of nitrogens with zero attached hydrogens (tertiary/aromatic N) is 1. The van der Waals surface area contributed by atoms with Gasteiger partial charge in [0.2, 0.25) is 5.88 Å². The lowest BCUT2D eigenvalue weighted by Crippen LogP contribution is -2.08. The topological polar surface area (TPSA) is 21.6 Å². The van der Waals surface area contributed by atoms with Gasteiger partial charge >= 0.3 is 0 Å². The first-order chi connectivity index (χ1) is 6.17. The molecule has 2 aliphatic heterocycles. The molecule has 2 heteroatoms. The molecule has 13 heavy (non-hydrogen) atoms. The van der Waals surface area contributed by atoms with E-state index in [1.165, 1.54) is 5.57 Å². The number of allylic oxidation sites excluding steroid dienone is 3. The van der Waals surface area contributed by atoms with Crippen molar-refractivity contribution in [2.24, 2.45) is 10.4 Å². The fraction of sp³-hybridized carbons (Fsp3) is 0.545. The van der Waals surface area contributed by atoms with E-state index in [-0.39, 0.29) is 5.41 Å². The van der Waals surface area contributed by atoms with Crippen LogP contribution in [0.4, 0.5) is 0 Å². The van der Waals surface area contributed by atoms with Crippen LogP contribution in [-0.4, -0.2) is 12.8 Å².